The van der Waals surface area contributed by atoms with Crippen LogP contribution in [-0.4, -0.2) is 22.8 Å². The van der Waals surface area contributed by atoms with Crippen molar-refractivity contribution < 1.29 is 14.4 Å². The maximum absolute atomic E-state index is 13.3. The van der Waals surface area contributed by atoms with Gasteiger partial charge in [-0.25, -0.2) is 0 Å². The third-order valence-corrected chi connectivity index (χ3v) is 7.17. The van der Waals surface area contributed by atoms with Crippen LogP contribution in [0.4, 0.5) is 0 Å². The number of furan rings is 1. The number of aliphatic hydroxyl groups excluding tert-OH is 1. The highest BCUT2D eigenvalue weighted by Crippen LogP contribution is 2.34. The van der Waals surface area contributed by atoms with E-state index in [1.54, 1.807) is 0 Å². The molecule has 2 bridgehead atoms. The molecule has 4 heterocycles. The number of rotatable bonds is 4. The summed E-state index contributed by atoms with van der Waals surface area (Å²) in [5.41, 5.74) is 2.61. The topological polar surface area (TPSA) is 59.8 Å². The van der Waals surface area contributed by atoms with Gasteiger partial charge in [-0.2, -0.15) is 0 Å². The Hall–Kier alpha value is -1.85. The molecular weight excluding hydrogens is 352 g/mol. The zero-order chi connectivity index (χ0) is 19.1. The molecule has 0 amide bonds. The minimum absolute atomic E-state index is 0.0415. The van der Waals surface area contributed by atoms with Gasteiger partial charge in [0.05, 0.1) is 13.1 Å². The van der Waals surface area contributed by atoms with Gasteiger partial charge in [-0.3, -0.25) is 4.79 Å². The molecule has 1 saturated carbocycles. The molecule has 2 N–H and O–H groups in total. The molecule has 2 fully saturated rings. The van der Waals surface area contributed by atoms with E-state index in [1.165, 1.54) is 49.1 Å². The van der Waals surface area contributed by atoms with Crippen LogP contribution in [0.5, 0.6) is 0 Å². The summed E-state index contributed by atoms with van der Waals surface area (Å²) in [6.45, 7) is 3.82. The summed E-state index contributed by atoms with van der Waals surface area (Å²) in [5.74, 6) is 3.08. The Morgan fingerprint density at radius 1 is 1.04 bits per heavy atom. The number of likely N-dealkylation sites (tertiary alicyclic amines) is 1. The Kier molecular flexibility index (Phi) is 4.89. The number of nitrogens with zero attached hydrogens (tertiary/aromatic N) is 1. The van der Waals surface area contributed by atoms with Crippen LogP contribution in [0.1, 0.15) is 73.1 Å². The van der Waals surface area contributed by atoms with Gasteiger partial charge < -0.3 is 19.0 Å². The number of hydrogen-bond donors (Lipinski definition) is 2. The van der Waals surface area contributed by atoms with Gasteiger partial charge in [0.2, 0.25) is 0 Å². The number of quaternary nitrogens is 1. The van der Waals surface area contributed by atoms with Gasteiger partial charge in [-0.15, -0.1) is 0 Å². The normalized spacial score (nSPS) is 27.5. The SMILES string of the molecule is O=c1c(C2CCCCC2)ccc2n1C[C@H]1C[C@@H]2C[NH+](Cc2ccc(CO)o2)C1. The Labute approximate surface area is 166 Å². The second kappa shape index (κ2) is 7.53. The quantitative estimate of drug-likeness (QED) is 0.851. The van der Waals surface area contributed by atoms with E-state index >= 15 is 0 Å². The third kappa shape index (κ3) is 3.35. The van der Waals surface area contributed by atoms with E-state index in [0.717, 1.165) is 37.5 Å². The average Bonchev–Trinajstić information content (AvgIpc) is 3.17. The molecule has 2 aromatic rings. The maximum Gasteiger partial charge on any atom is 0.254 e. The predicted molar refractivity (Wildman–Crippen MR) is 106 cm³/mol. The van der Waals surface area contributed by atoms with Gasteiger partial charge in [0, 0.05) is 29.6 Å². The molecule has 0 spiro atoms. The number of nitrogens with one attached hydrogen (secondary N) is 1. The number of hydrogen-bond acceptors (Lipinski definition) is 3. The van der Waals surface area contributed by atoms with Crippen molar-refractivity contribution in [2.45, 2.75) is 70.1 Å². The predicted octanol–water partition coefficient (Wildman–Crippen LogP) is 2.18. The first kappa shape index (κ1) is 18.2. The smallest absolute Gasteiger partial charge is 0.254 e. The zero-order valence-corrected chi connectivity index (χ0v) is 16.5. The lowest BCUT2D eigenvalue weighted by atomic mass is 9.81. The lowest BCUT2D eigenvalue weighted by Gasteiger charge is -2.40. The Morgan fingerprint density at radius 3 is 2.64 bits per heavy atom. The first-order chi connectivity index (χ1) is 13.7. The lowest BCUT2D eigenvalue weighted by molar-refractivity contribution is -0.925. The van der Waals surface area contributed by atoms with Gasteiger partial charge in [0.15, 0.2) is 5.76 Å². The van der Waals surface area contributed by atoms with Gasteiger partial charge in [-0.05, 0) is 43.4 Å². The molecule has 1 aliphatic carbocycles. The van der Waals surface area contributed by atoms with Gasteiger partial charge >= 0.3 is 0 Å². The summed E-state index contributed by atoms with van der Waals surface area (Å²) in [7, 11) is 0. The van der Waals surface area contributed by atoms with Crippen molar-refractivity contribution in [3.8, 4) is 0 Å². The summed E-state index contributed by atoms with van der Waals surface area (Å²) in [6.07, 6.45) is 7.41. The molecule has 5 rings (SSSR count). The highest BCUT2D eigenvalue weighted by Gasteiger charge is 2.38. The minimum atomic E-state index is -0.0415. The second-order valence-corrected chi connectivity index (χ2v) is 9.12. The van der Waals surface area contributed by atoms with E-state index in [1.807, 2.05) is 12.1 Å². The number of pyridine rings is 1. The number of aliphatic hydroxyl groups is 1. The second-order valence-electron chi connectivity index (χ2n) is 9.12. The Morgan fingerprint density at radius 2 is 1.86 bits per heavy atom. The Bertz CT molecular complexity index is 893. The first-order valence-electron chi connectivity index (χ1n) is 11.0. The van der Waals surface area contributed by atoms with E-state index in [2.05, 4.69) is 16.7 Å². The van der Waals surface area contributed by atoms with Crippen LogP contribution in [0, 0.1) is 5.92 Å². The van der Waals surface area contributed by atoms with E-state index in [-0.39, 0.29) is 6.61 Å². The Balaban J connectivity index is 1.36. The van der Waals surface area contributed by atoms with Crippen molar-refractivity contribution in [3.05, 3.63) is 57.4 Å². The van der Waals surface area contributed by atoms with Crippen LogP contribution in [-0.2, 0) is 19.7 Å². The minimum Gasteiger partial charge on any atom is -0.458 e. The summed E-state index contributed by atoms with van der Waals surface area (Å²) in [6, 6.07) is 8.25. The fraction of sp³-hybridized carbons (Fsp3) is 0.609. The number of aromatic nitrogens is 1. The van der Waals surface area contributed by atoms with E-state index in [9.17, 15) is 9.90 Å². The van der Waals surface area contributed by atoms with E-state index < -0.39 is 0 Å². The summed E-state index contributed by atoms with van der Waals surface area (Å²) in [5, 5.41) is 9.21. The molecule has 2 aromatic heterocycles. The van der Waals surface area contributed by atoms with Crippen molar-refractivity contribution in [2.75, 3.05) is 13.1 Å². The monoisotopic (exact) mass is 383 g/mol. The fourth-order valence-corrected chi connectivity index (χ4v) is 5.90. The van der Waals surface area contributed by atoms with Crippen molar-refractivity contribution in [3.63, 3.8) is 0 Å². The molecule has 1 unspecified atom stereocenters. The molecule has 2 aliphatic heterocycles. The van der Waals surface area contributed by atoms with Crippen LogP contribution >= 0.6 is 0 Å². The molecule has 3 atom stereocenters. The van der Waals surface area contributed by atoms with E-state index in [0.29, 0.717) is 29.1 Å². The lowest BCUT2D eigenvalue weighted by Crippen LogP contribution is -3.13. The van der Waals surface area contributed by atoms with E-state index in [4.69, 9.17) is 4.42 Å². The largest absolute Gasteiger partial charge is 0.458 e. The molecular formula is C23H31N2O3+. The average molecular weight is 384 g/mol. The molecule has 150 valence electrons. The molecule has 0 radical (unpaired) electrons. The molecule has 28 heavy (non-hydrogen) atoms. The van der Waals surface area contributed by atoms with Crippen LogP contribution in [0.3, 0.4) is 0 Å². The summed E-state index contributed by atoms with van der Waals surface area (Å²) < 4.78 is 7.82. The highest BCUT2D eigenvalue weighted by atomic mass is 16.4. The van der Waals surface area contributed by atoms with Gasteiger partial charge in [0.25, 0.3) is 5.56 Å². The third-order valence-electron chi connectivity index (χ3n) is 7.17. The highest BCUT2D eigenvalue weighted by molar-refractivity contribution is 5.24. The van der Waals surface area contributed by atoms with Crippen LogP contribution < -0.4 is 10.5 Å². The molecule has 1 saturated heterocycles. The van der Waals surface area contributed by atoms with Crippen LogP contribution in [0.25, 0.3) is 0 Å². The zero-order valence-electron chi connectivity index (χ0n) is 16.5. The van der Waals surface area contributed by atoms with Gasteiger partial charge in [0.1, 0.15) is 18.9 Å². The van der Waals surface area contributed by atoms with Crippen molar-refractivity contribution in [1.29, 1.82) is 0 Å². The van der Waals surface area contributed by atoms with Crippen LogP contribution in [0.2, 0.25) is 0 Å². The van der Waals surface area contributed by atoms with Crippen LogP contribution in [0.15, 0.2) is 33.5 Å². The molecule has 3 aliphatic rings. The van der Waals surface area contributed by atoms with Crippen molar-refractivity contribution in [1.82, 2.24) is 4.57 Å². The maximum atomic E-state index is 13.3. The van der Waals surface area contributed by atoms with Crippen molar-refractivity contribution >= 4 is 0 Å². The summed E-state index contributed by atoms with van der Waals surface area (Å²) >= 11 is 0. The summed E-state index contributed by atoms with van der Waals surface area (Å²) in [4.78, 5) is 14.8. The fourth-order valence-electron chi connectivity index (χ4n) is 5.90. The molecule has 0 aromatic carbocycles. The number of fused-ring (bicyclic) bond motifs is 4. The molecule has 5 nitrogen and oxygen atoms in total. The molecule has 5 heteroatoms. The van der Waals surface area contributed by atoms with Gasteiger partial charge in [-0.1, -0.05) is 25.3 Å². The standard InChI is InChI=1S/C23H30N2O3/c26-15-20-7-6-19(28-20)14-24-11-16-10-18(13-24)22-9-8-21(23(27)25(22)12-16)17-4-2-1-3-5-17/h6-9,16-18,26H,1-5,10-15H2/p+1/t16-,18+/m0/s1. The number of piperidine rings is 1. The first-order valence-corrected chi connectivity index (χ1v) is 11.0. The van der Waals surface area contributed by atoms with Crippen molar-refractivity contribution in [2.24, 2.45) is 5.92 Å².